The van der Waals surface area contributed by atoms with Crippen molar-refractivity contribution >= 4 is 169 Å². The van der Waals surface area contributed by atoms with Crippen LogP contribution in [0, 0.1) is 0 Å². The highest BCUT2D eigenvalue weighted by Crippen LogP contribution is 2.47. The summed E-state index contributed by atoms with van der Waals surface area (Å²) < 4.78 is -2.25. The largest absolute Gasteiger partial charge is 0.180 e. The molecule has 0 saturated heterocycles. The second kappa shape index (κ2) is 22.1. The summed E-state index contributed by atoms with van der Waals surface area (Å²) in [6.07, 6.45) is 0. The fourth-order valence-electron chi connectivity index (χ4n) is 9.07. The Hall–Kier alpha value is -4.41. The SMILES string of the molecule is ClC(Cl)Cl.ClC(Cl)Cl.ClC(Cl)Cl.c1ccc(-c2c3ccccc3c(-c3ccc4ccc5ccc(-c6c7ccccc7c(-c7ccccc7)c7ccccc67)cc5c4c3)c3ccccc23)cc1. The topological polar surface area (TPSA) is 0 Å². The van der Waals surface area contributed by atoms with Gasteiger partial charge in [-0.25, -0.2) is 0 Å². The van der Waals surface area contributed by atoms with E-state index in [9.17, 15) is 0 Å². The Kier molecular flexibility index (Phi) is 16.1. The zero-order valence-corrected chi connectivity index (χ0v) is 41.6. The van der Waals surface area contributed by atoms with Crippen LogP contribution in [-0.4, -0.2) is 12.9 Å². The van der Waals surface area contributed by atoms with Crippen molar-refractivity contribution in [3.05, 3.63) is 206 Å². The zero-order chi connectivity index (χ0) is 46.3. The second-order valence-corrected chi connectivity index (χ2v) is 21.0. The second-order valence-electron chi connectivity index (χ2n) is 15.1. The summed E-state index contributed by atoms with van der Waals surface area (Å²) in [5.74, 6) is 0. The van der Waals surface area contributed by atoms with Gasteiger partial charge < -0.3 is 0 Å². The van der Waals surface area contributed by atoms with Gasteiger partial charge in [-0.1, -0.05) is 299 Å². The van der Waals surface area contributed by atoms with Crippen LogP contribution in [0.15, 0.2) is 206 Å². The van der Waals surface area contributed by atoms with Gasteiger partial charge in [0.25, 0.3) is 0 Å². The third kappa shape index (κ3) is 10.7. The molecule has 0 amide bonds. The van der Waals surface area contributed by atoms with E-state index in [-0.39, 0.29) is 0 Å². The highest BCUT2D eigenvalue weighted by Gasteiger charge is 2.19. The maximum absolute atomic E-state index is 4.81. The van der Waals surface area contributed by atoms with E-state index < -0.39 is 12.9 Å². The van der Waals surface area contributed by atoms with Gasteiger partial charge in [-0.2, -0.15) is 0 Å². The molecule has 9 heteroatoms. The molecule has 0 bridgehead atoms. The molecule has 0 heterocycles. The molecule has 0 atom stereocenters. The van der Waals surface area contributed by atoms with E-state index in [1.165, 1.54) is 109 Å². The maximum atomic E-state index is 4.81. The molecule has 0 aliphatic rings. The molecule has 0 fully saturated rings. The molecular formula is C57H37Cl9. The molecule has 66 heavy (non-hydrogen) atoms. The van der Waals surface area contributed by atoms with Crippen LogP contribution < -0.4 is 0 Å². The third-order valence-corrected chi connectivity index (χ3v) is 11.4. The first-order valence-corrected chi connectivity index (χ1v) is 24.7. The fraction of sp³-hybridized carbons (Fsp3) is 0.0526. The normalized spacial score (nSPS) is 11.2. The molecular weight excluding hydrogens is 1000 g/mol. The first kappa shape index (κ1) is 48.1. The molecule has 328 valence electrons. The summed E-state index contributed by atoms with van der Waals surface area (Å²) in [4.78, 5) is 0. The van der Waals surface area contributed by atoms with E-state index in [4.69, 9.17) is 104 Å². The fourth-order valence-corrected chi connectivity index (χ4v) is 9.07. The summed E-state index contributed by atoms with van der Waals surface area (Å²) in [6.45, 7) is 0. The van der Waals surface area contributed by atoms with Crippen LogP contribution in [0.5, 0.6) is 0 Å². The van der Waals surface area contributed by atoms with Crippen molar-refractivity contribution in [3.63, 3.8) is 0 Å². The summed E-state index contributed by atoms with van der Waals surface area (Å²) >= 11 is 43.3. The standard InChI is InChI=1S/C54H34.3CHCl3/c1-3-15-37(16-4-1)51-41-19-7-11-23-45(41)53(46-24-12-8-20-42(46)51)39-31-29-35-27-28-36-30-32-40(34-50(36)49(35)33-39)54-47-25-13-9-21-43(47)52(38-17-5-2-6-18-38)44-22-10-14-26-48(44)54;3*2-1(3)4/h1-34H;3*1H. The molecule has 0 aliphatic carbocycles. The minimum Gasteiger partial charge on any atom is -0.0874 e. The first-order chi connectivity index (χ1) is 32.0. The molecule has 0 N–H and O–H groups in total. The Balaban J connectivity index is 0.000000444. The van der Waals surface area contributed by atoms with E-state index in [1.807, 2.05) is 0 Å². The number of rotatable bonds is 4. The van der Waals surface area contributed by atoms with Crippen molar-refractivity contribution in [1.29, 1.82) is 0 Å². The highest BCUT2D eigenvalue weighted by molar-refractivity contribution is 6.63. The molecule has 0 radical (unpaired) electrons. The molecule has 11 aromatic carbocycles. The van der Waals surface area contributed by atoms with Crippen molar-refractivity contribution in [2.75, 3.05) is 0 Å². The van der Waals surface area contributed by atoms with Crippen LogP contribution in [0.25, 0.3) is 109 Å². The predicted molar refractivity (Wildman–Crippen MR) is 297 cm³/mol. The van der Waals surface area contributed by atoms with Gasteiger partial charge in [0.15, 0.2) is 12.9 Å². The van der Waals surface area contributed by atoms with Crippen LogP contribution in [0.2, 0.25) is 0 Å². The van der Waals surface area contributed by atoms with Gasteiger partial charge in [-0.05, 0) is 121 Å². The number of benzene rings is 11. The molecule has 11 rings (SSSR count). The smallest absolute Gasteiger partial charge is 0.0874 e. The lowest BCUT2D eigenvalue weighted by molar-refractivity contribution is 1.66. The Morgan fingerprint density at radius 2 is 0.394 bits per heavy atom. The minimum absolute atomic E-state index is 0.750. The van der Waals surface area contributed by atoms with Crippen molar-refractivity contribution in [3.8, 4) is 44.5 Å². The number of alkyl halides is 9. The average Bonchev–Trinajstić information content (AvgIpc) is 3.32. The number of halogens is 9. The van der Waals surface area contributed by atoms with Gasteiger partial charge in [-0.3, -0.25) is 0 Å². The quantitative estimate of drug-likeness (QED) is 0.0936. The van der Waals surface area contributed by atoms with Crippen LogP contribution in [0.3, 0.4) is 0 Å². The molecule has 0 spiro atoms. The Morgan fingerprint density at radius 3 is 0.636 bits per heavy atom. The predicted octanol–water partition coefficient (Wildman–Crippen LogP) is 21.2. The molecule has 0 unspecified atom stereocenters. The summed E-state index contributed by atoms with van der Waals surface area (Å²) in [6, 6.07) is 76.1. The zero-order valence-electron chi connectivity index (χ0n) is 34.8. The van der Waals surface area contributed by atoms with E-state index >= 15 is 0 Å². The maximum Gasteiger partial charge on any atom is 0.180 e. The Labute approximate surface area is 429 Å². The molecule has 11 aromatic rings. The van der Waals surface area contributed by atoms with Gasteiger partial charge in [0.2, 0.25) is 0 Å². The number of fused-ring (bicyclic) bond motifs is 7. The summed E-state index contributed by atoms with van der Waals surface area (Å²) in [5, 5.41) is 15.2. The minimum atomic E-state index is -0.750. The van der Waals surface area contributed by atoms with Crippen molar-refractivity contribution in [2.45, 2.75) is 12.9 Å². The number of hydrogen-bond donors (Lipinski definition) is 0. The lowest BCUT2D eigenvalue weighted by Crippen LogP contribution is -1.91. The van der Waals surface area contributed by atoms with Crippen LogP contribution in [0.4, 0.5) is 0 Å². The molecule has 0 aromatic heterocycles. The molecule has 0 nitrogen and oxygen atoms in total. The van der Waals surface area contributed by atoms with Crippen molar-refractivity contribution in [2.24, 2.45) is 0 Å². The molecule has 0 saturated carbocycles. The van der Waals surface area contributed by atoms with E-state index in [2.05, 4.69) is 206 Å². The van der Waals surface area contributed by atoms with Gasteiger partial charge >= 0.3 is 0 Å². The summed E-state index contributed by atoms with van der Waals surface area (Å²) in [5.41, 5.74) is 10.1. The Bertz CT molecular complexity index is 3090. The van der Waals surface area contributed by atoms with Gasteiger partial charge in [-0.15, -0.1) is 0 Å². The van der Waals surface area contributed by atoms with E-state index in [1.54, 1.807) is 0 Å². The number of hydrogen-bond acceptors (Lipinski definition) is 0. The summed E-state index contributed by atoms with van der Waals surface area (Å²) in [7, 11) is 0. The molecule has 0 aliphatic heterocycles. The van der Waals surface area contributed by atoms with Crippen LogP contribution in [-0.2, 0) is 0 Å². The lowest BCUT2D eigenvalue weighted by atomic mass is 9.84. The van der Waals surface area contributed by atoms with Crippen molar-refractivity contribution < 1.29 is 0 Å². The van der Waals surface area contributed by atoms with E-state index in [0.29, 0.717) is 0 Å². The van der Waals surface area contributed by atoms with E-state index in [0.717, 1.165) is 0 Å². The van der Waals surface area contributed by atoms with Crippen LogP contribution in [0.1, 0.15) is 0 Å². The van der Waals surface area contributed by atoms with Crippen LogP contribution >= 0.6 is 104 Å². The first-order valence-electron chi connectivity index (χ1n) is 20.7. The van der Waals surface area contributed by atoms with Gasteiger partial charge in [0, 0.05) is 0 Å². The van der Waals surface area contributed by atoms with Gasteiger partial charge in [0.1, 0.15) is 0 Å². The van der Waals surface area contributed by atoms with Gasteiger partial charge in [0.05, 0.1) is 0 Å². The van der Waals surface area contributed by atoms with Crippen molar-refractivity contribution in [1.82, 2.24) is 0 Å². The lowest BCUT2D eigenvalue weighted by Gasteiger charge is -2.19. The Morgan fingerprint density at radius 1 is 0.197 bits per heavy atom. The monoisotopic (exact) mass is 1040 g/mol. The highest BCUT2D eigenvalue weighted by atomic mass is 35.6. The average molecular weight is 1040 g/mol. The third-order valence-electron chi connectivity index (χ3n) is 11.4.